The summed E-state index contributed by atoms with van der Waals surface area (Å²) in [5.74, 6) is -0.354. The van der Waals surface area contributed by atoms with Crippen LogP contribution in [0.2, 0.25) is 0 Å². The topological polar surface area (TPSA) is 46.5 Å². The second kappa shape index (κ2) is 19.3. The number of nitrogens with zero attached hydrogens (tertiary/aromatic N) is 1. The Kier molecular flexibility index (Phi) is 19.2. The van der Waals surface area contributed by atoms with Crippen molar-refractivity contribution in [1.82, 2.24) is 0 Å². The van der Waals surface area contributed by atoms with Gasteiger partial charge in [0.2, 0.25) is 0 Å². The standard InChI is InChI=1S/C26H54NO3P/c1-6-8-9-10-11-12-13-14-15-16-17-18-19-20-21-22-23-24-25-30-31(28,29)26(7-2)27(3,4)5/h18-19,26H,6-17,20-25H2,1-5H3/p+1/b19-18-. The van der Waals surface area contributed by atoms with Crippen LogP contribution in [0.15, 0.2) is 12.2 Å². The Hall–Kier alpha value is -0.150. The van der Waals surface area contributed by atoms with Crippen LogP contribution in [0.3, 0.4) is 0 Å². The maximum absolute atomic E-state index is 12.5. The summed E-state index contributed by atoms with van der Waals surface area (Å²) in [5, 5.41) is 0. The van der Waals surface area contributed by atoms with Gasteiger partial charge in [0.25, 0.3) is 0 Å². The van der Waals surface area contributed by atoms with Gasteiger partial charge in [-0.05, 0) is 32.1 Å². The lowest BCUT2D eigenvalue weighted by molar-refractivity contribution is -0.883. The van der Waals surface area contributed by atoms with Crippen molar-refractivity contribution in [2.75, 3.05) is 27.7 Å². The fourth-order valence-electron chi connectivity index (χ4n) is 4.20. The van der Waals surface area contributed by atoms with Gasteiger partial charge in [0.15, 0.2) is 5.78 Å². The van der Waals surface area contributed by atoms with Crippen molar-refractivity contribution in [2.24, 2.45) is 0 Å². The Labute approximate surface area is 195 Å². The summed E-state index contributed by atoms with van der Waals surface area (Å²) < 4.78 is 18.4. The highest BCUT2D eigenvalue weighted by Crippen LogP contribution is 2.51. The van der Waals surface area contributed by atoms with Crippen molar-refractivity contribution in [2.45, 2.75) is 129 Å². The highest BCUT2D eigenvalue weighted by molar-refractivity contribution is 7.53. The Balaban J connectivity index is 3.49. The maximum atomic E-state index is 12.5. The summed E-state index contributed by atoms with van der Waals surface area (Å²) >= 11 is 0. The lowest BCUT2D eigenvalue weighted by Crippen LogP contribution is -2.44. The molecule has 0 rings (SSSR count). The zero-order chi connectivity index (χ0) is 23.4. The van der Waals surface area contributed by atoms with Gasteiger partial charge in [-0.3, -0.25) is 4.57 Å². The summed E-state index contributed by atoms with van der Waals surface area (Å²) in [6.07, 6.45) is 26.0. The highest BCUT2D eigenvalue weighted by atomic mass is 31.2. The highest BCUT2D eigenvalue weighted by Gasteiger charge is 2.41. The average molecular weight is 461 g/mol. The Morgan fingerprint density at radius 1 is 0.742 bits per heavy atom. The van der Waals surface area contributed by atoms with E-state index in [1.165, 1.54) is 77.0 Å². The molecule has 4 nitrogen and oxygen atoms in total. The predicted molar refractivity (Wildman–Crippen MR) is 137 cm³/mol. The van der Waals surface area contributed by atoms with E-state index in [1.54, 1.807) is 0 Å². The zero-order valence-corrected chi connectivity index (χ0v) is 22.5. The van der Waals surface area contributed by atoms with Crippen molar-refractivity contribution in [3.63, 3.8) is 0 Å². The minimum absolute atomic E-state index is 0.354. The Bertz CT molecular complexity index is 474. The number of quaternary nitrogens is 1. The van der Waals surface area contributed by atoms with Gasteiger partial charge in [-0.1, -0.05) is 96.6 Å². The SMILES string of the molecule is CCCCCCCCCCCC/C=C\CCCCCCOP(=O)(O)C(CC)[N+](C)(C)C. The van der Waals surface area contributed by atoms with Crippen LogP contribution in [0.4, 0.5) is 0 Å². The third-order valence-electron chi connectivity index (χ3n) is 6.07. The second-order valence-corrected chi connectivity index (χ2v) is 12.0. The first-order valence-corrected chi connectivity index (χ1v) is 14.8. The summed E-state index contributed by atoms with van der Waals surface area (Å²) in [6, 6.07) is 0. The Morgan fingerprint density at radius 2 is 1.16 bits per heavy atom. The van der Waals surface area contributed by atoms with Gasteiger partial charge in [0.1, 0.15) is 0 Å². The average Bonchev–Trinajstić information content (AvgIpc) is 2.68. The molecule has 0 aliphatic rings. The third-order valence-corrected chi connectivity index (χ3v) is 8.43. The Morgan fingerprint density at radius 3 is 1.58 bits per heavy atom. The fourth-order valence-corrected chi connectivity index (χ4v) is 6.10. The quantitative estimate of drug-likeness (QED) is 0.0763. The molecule has 0 saturated heterocycles. The number of allylic oxidation sites excluding steroid dienone is 2. The van der Waals surface area contributed by atoms with Crippen LogP contribution in [0.5, 0.6) is 0 Å². The molecule has 2 unspecified atom stereocenters. The molecule has 0 saturated carbocycles. The molecule has 186 valence electrons. The molecule has 5 heteroatoms. The van der Waals surface area contributed by atoms with Gasteiger partial charge in [-0.15, -0.1) is 0 Å². The number of unbranched alkanes of at least 4 members (excludes halogenated alkanes) is 14. The van der Waals surface area contributed by atoms with E-state index in [2.05, 4.69) is 19.1 Å². The third kappa shape index (κ3) is 18.0. The fraction of sp³-hybridized carbons (Fsp3) is 0.923. The van der Waals surface area contributed by atoms with Gasteiger partial charge in [0, 0.05) is 6.42 Å². The van der Waals surface area contributed by atoms with Crippen LogP contribution in [0.25, 0.3) is 0 Å². The normalized spacial score (nSPS) is 15.4. The van der Waals surface area contributed by atoms with Crippen LogP contribution >= 0.6 is 7.60 Å². The molecule has 0 aliphatic heterocycles. The molecule has 31 heavy (non-hydrogen) atoms. The van der Waals surface area contributed by atoms with Gasteiger partial charge in [0.05, 0.1) is 27.7 Å². The smallest absolute Gasteiger partial charge is 0.320 e. The van der Waals surface area contributed by atoms with Crippen molar-refractivity contribution >= 4 is 7.60 Å². The van der Waals surface area contributed by atoms with Crippen LogP contribution < -0.4 is 0 Å². The first-order chi connectivity index (χ1) is 14.8. The van der Waals surface area contributed by atoms with Gasteiger partial charge in [-0.2, -0.15) is 0 Å². The van der Waals surface area contributed by atoms with E-state index in [9.17, 15) is 9.46 Å². The van der Waals surface area contributed by atoms with Crippen molar-refractivity contribution in [3.05, 3.63) is 12.2 Å². The molecular formula is C26H55NO3P+. The molecule has 0 aliphatic carbocycles. The molecule has 0 aromatic rings. The molecule has 2 atom stereocenters. The summed E-state index contributed by atoms with van der Waals surface area (Å²) in [5.41, 5.74) is 0. The van der Waals surface area contributed by atoms with Crippen LogP contribution in [0.1, 0.15) is 123 Å². The van der Waals surface area contributed by atoms with E-state index in [-0.39, 0.29) is 5.78 Å². The largest absolute Gasteiger partial charge is 0.385 e. The van der Waals surface area contributed by atoms with Gasteiger partial charge >= 0.3 is 7.60 Å². The minimum atomic E-state index is -3.56. The summed E-state index contributed by atoms with van der Waals surface area (Å²) in [7, 11) is 2.29. The molecular weight excluding hydrogens is 405 g/mol. The zero-order valence-electron chi connectivity index (χ0n) is 21.6. The van der Waals surface area contributed by atoms with E-state index in [0.717, 1.165) is 25.7 Å². The van der Waals surface area contributed by atoms with Crippen LogP contribution in [-0.2, 0) is 9.09 Å². The minimum Gasteiger partial charge on any atom is -0.320 e. The molecule has 0 spiro atoms. The van der Waals surface area contributed by atoms with E-state index in [0.29, 0.717) is 17.5 Å². The van der Waals surface area contributed by atoms with Gasteiger partial charge < -0.3 is 13.9 Å². The summed E-state index contributed by atoms with van der Waals surface area (Å²) in [6.45, 7) is 4.61. The van der Waals surface area contributed by atoms with E-state index in [4.69, 9.17) is 4.52 Å². The van der Waals surface area contributed by atoms with Crippen LogP contribution in [-0.4, -0.2) is 42.9 Å². The molecule has 1 N–H and O–H groups in total. The predicted octanol–water partition coefficient (Wildman–Crippen LogP) is 8.45. The van der Waals surface area contributed by atoms with E-state index < -0.39 is 7.60 Å². The second-order valence-electron chi connectivity index (χ2n) is 10.0. The molecule has 0 aromatic carbocycles. The monoisotopic (exact) mass is 460 g/mol. The van der Waals surface area contributed by atoms with Gasteiger partial charge in [-0.25, -0.2) is 0 Å². The molecule has 0 aromatic heterocycles. The summed E-state index contributed by atoms with van der Waals surface area (Å²) in [4.78, 5) is 10.3. The van der Waals surface area contributed by atoms with E-state index >= 15 is 0 Å². The van der Waals surface area contributed by atoms with Crippen LogP contribution in [0, 0.1) is 0 Å². The molecule has 0 radical (unpaired) electrons. The first-order valence-electron chi connectivity index (χ1n) is 13.2. The lowest BCUT2D eigenvalue weighted by Gasteiger charge is -2.35. The lowest BCUT2D eigenvalue weighted by atomic mass is 10.1. The number of hydrogen-bond acceptors (Lipinski definition) is 2. The number of hydrogen-bond donors (Lipinski definition) is 1. The van der Waals surface area contributed by atoms with E-state index in [1.807, 2.05) is 28.1 Å². The maximum Gasteiger partial charge on any atom is 0.385 e. The number of rotatable bonds is 22. The molecule has 0 fully saturated rings. The molecule has 0 amide bonds. The van der Waals surface area contributed by atoms with Crippen molar-refractivity contribution in [1.29, 1.82) is 0 Å². The first kappa shape index (κ1) is 30.9. The molecule has 0 bridgehead atoms. The van der Waals surface area contributed by atoms with Crippen molar-refractivity contribution in [3.8, 4) is 0 Å². The van der Waals surface area contributed by atoms with Crippen molar-refractivity contribution < 1.29 is 18.5 Å². The molecule has 0 heterocycles.